The normalized spacial score (nSPS) is 56.1. The van der Waals surface area contributed by atoms with Gasteiger partial charge in [-0.3, -0.25) is 0 Å². The molecule has 0 bridgehead atoms. The van der Waals surface area contributed by atoms with Crippen LogP contribution in [0.15, 0.2) is 0 Å². The molecule has 0 saturated heterocycles. The van der Waals surface area contributed by atoms with Crippen molar-refractivity contribution < 1.29 is 0 Å². The summed E-state index contributed by atoms with van der Waals surface area (Å²) in [7, 11) is 0. The quantitative estimate of drug-likeness (QED) is 0.443. The molecule has 3 saturated carbocycles. The Kier molecular flexibility index (Phi) is 2.58. The molecule has 0 N–H and O–H groups in total. The third kappa shape index (κ3) is 0.898. The number of hydrogen-bond acceptors (Lipinski definition) is 0. The molecule has 4 unspecified atom stereocenters. The molecule has 4 atom stereocenters. The summed E-state index contributed by atoms with van der Waals surface area (Å²) < 4.78 is 0. The van der Waals surface area contributed by atoms with Crippen molar-refractivity contribution in [2.24, 2.45) is 48.7 Å². The van der Waals surface area contributed by atoms with Crippen LogP contribution >= 0.6 is 0 Å². The molecule has 0 spiro atoms. The van der Waals surface area contributed by atoms with Gasteiger partial charge in [-0.15, -0.1) is 0 Å². The summed E-state index contributed by atoms with van der Waals surface area (Å²) in [4.78, 5) is 0. The Bertz CT molecular complexity index is 550. The van der Waals surface area contributed by atoms with Crippen molar-refractivity contribution in [1.29, 1.82) is 0 Å². The van der Waals surface area contributed by atoms with Crippen LogP contribution in [0.25, 0.3) is 0 Å². The van der Waals surface area contributed by atoms with Crippen LogP contribution in [0.1, 0.15) is 96.9 Å². The summed E-state index contributed by atoms with van der Waals surface area (Å²) in [5.74, 6) is 0. The van der Waals surface area contributed by atoms with Crippen LogP contribution in [-0.4, -0.2) is 0 Å². The highest BCUT2D eigenvalue weighted by Crippen LogP contribution is 3.06. The predicted octanol–water partition coefficient (Wildman–Crippen LogP) is 7.18. The van der Waals surface area contributed by atoms with Gasteiger partial charge >= 0.3 is 0 Å². The van der Waals surface area contributed by atoms with Crippen LogP contribution in [0.5, 0.6) is 0 Å². The van der Waals surface area contributed by atoms with Crippen molar-refractivity contribution in [3.8, 4) is 0 Å². The van der Waals surface area contributed by atoms with Crippen molar-refractivity contribution in [3.05, 3.63) is 0 Å². The van der Waals surface area contributed by atoms with Crippen LogP contribution in [0.4, 0.5) is 0 Å². The zero-order chi connectivity index (χ0) is 18.5. The van der Waals surface area contributed by atoms with Crippen LogP contribution in [0.3, 0.4) is 0 Å². The van der Waals surface area contributed by atoms with E-state index in [0.717, 1.165) is 0 Å². The van der Waals surface area contributed by atoms with Crippen molar-refractivity contribution in [3.63, 3.8) is 0 Å². The molecule has 0 aliphatic heterocycles. The summed E-state index contributed by atoms with van der Waals surface area (Å²) in [6.07, 6.45) is 0. The monoisotopic (exact) mass is 318 g/mol. The highest BCUT2D eigenvalue weighted by molar-refractivity contribution is 5.48. The summed E-state index contributed by atoms with van der Waals surface area (Å²) >= 11 is 0. The maximum atomic E-state index is 2.66. The van der Waals surface area contributed by atoms with E-state index in [2.05, 4.69) is 96.9 Å². The van der Waals surface area contributed by atoms with E-state index in [9.17, 15) is 0 Å². The molecule has 3 aliphatic rings. The topological polar surface area (TPSA) is 0 Å². The Morgan fingerprint density at radius 2 is 0.348 bits per heavy atom. The lowest BCUT2D eigenvalue weighted by Crippen LogP contribution is -2.94. The lowest BCUT2D eigenvalue weighted by Gasteiger charge is -2.98. The first-order chi connectivity index (χ1) is 9.75. The minimum Gasteiger partial charge on any atom is -0.0588 e. The van der Waals surface area contributed by atoms with Crippen LogP contribution in [-0.2, 0) is 0 Å². The lowest BCUT2D eigenvalue weighted by atomic mass is 9.05. The summed E-state index contributed by atoms with van der Waals surface area (Å²) in [6, 6.07) is 0. The molecule has 0 aromatic carbocycles. The van der Waals surface area contributed by atoms with E-state index in [1.807, 2.05) is 0 Å². The van der Waals surface area contributed by atoms with Gasteiger partial charge in [0.05, 0.1) is 0 Å². The zero-order valence-electron chi connectivity index (χ0n) is 18.5. The Morgan fingerprint density at radius 3 is 0.522 bits per heavy atom. The second-order valence-corrected chi connectivity index (χ2v) is 12.6. The fourth-order valence-electron chi connectivity index (χ4n) is 10.2. The predicted molar refractivity (Wildman–Crippen MR) is 101 cm³/mol. The van der Waals surface area contributed by atoms with E-state index in [1.165, 1.54) is 0 Å². The van der Waals surface area contributed by atoms with E-state index >= 15 is 0 Å². The maximum Gasteiger partial charge on any atom is -0.0140 e. The van der Waals surface area contributed by atoms with Crippen molar-refractivity contribution >= 4 is 0 Å². The molecule has 3 rings (SSSR count). The molecule has 23 heavy (non-hydrogen) atoms. The average molecular weight is 319 g/mol. The molecular formula is C23H42. The Labute approximate surface area is 146 Å². The Morgan fingerprint density at radius 1 is 0.217 bits per heavy atom. The molecule has 0 aromatic rings. The second-order valence-electron chi connectivity index (χ2n) is 12.6. The molecule has 0 radical (unpaired) electrons. The summed E-state index contributed by atoms with van der Waals surface area (Å²) in [5, 5.41) is 0. The summed E-state index contributed by atoms with van der Waals surface area (Å²) in [5.41, 5.74) is 3.06. The van der Waals surface area contributed by atoms with Gasteiger partial charge in [-0.05, 0) is 48.7 Å². The minimum absolute atomic E-state index is 0.305. The molecule has 0 amide bonds. The van der Waals surface area contributed by atoms with E-state index in [0.29, 0.717) is 48.7 Å². The van der Waals surface area contributed by atoms with E-state index in [4.69, 9.17) is 0 Å². The average Bonchev–Trinajstić information content (AvgIpc) is 2.45. The van der Waals surface area contributed by atoms with Crippen molar-refractivity contribution in [1.82, 2.24) is 0 Å². The first-order valence-electron chi connectivity index (χ1n) is 9.75. The zero-order valence-corrected chi connectivity index (χ0v) is 18.5. The van der Waals surface area contributed by atoms with E-state index in [-0.39, 0.29) is 0 Å². The van der Waals surface area contributed by atoms with Gasteiger partial charge < -0.3 is 0 Å². The molecule has 3 fully saturated rings. The van der Waals surface area contributed by atoms with Gasteiger partial charge in [0.2, 0.25) is 0 Å². The maximum absolute atomic E-state index is 2.66. The lowest BCUT2D eigenvalue weighted by molar-refractivity contribution is -0.516. The highest BCUT2D eigenvalue weighted by atomic mass is 15.0. The Hall–Kier alpha value is 0. The van der Waals surface area contributed by atoms with Crippen LogP contribution in [0, 0.1) is 48.7 Å². The third-order valence-electron chi connectivity index (χ3n) is 13.7. The van der Waals surface area contributed by atoms with Gasteiger partial charge in [0.25, 0.3) is 0 Å². The second kappa shape index (κ2) is 3.33. The van der Waals surface area contributed by atoms with Crippen LogP contribution < -0.4 is 0 Å². The number of rotatable bonds is 0. The van der Waals surface area contributed by atoms with Gasteiger partial charge in [0.15, 0.2) is 0 Å². The van der Waals surface area contributed by atoms with Crippen molar-refractivity contribution in [2.75, 3.05) is 0 Å². The fourth-order valence-corrected chi connectivity index (χ4v) is 10.2. The first-order valence-corrected chi connectivity index (χ1v) is 9.75. The fraction of sp³-hybridized carbons (Fsp3) is 1.00. The number of fused-ring (bicyclic) bond motifs is 4. The van der Waals surface area contributed by atoms with E-state index in [1.54, 1.807) is 0 Å². The van der Waals surface area contributed by atoms with Crippen molar-refractivity contribution in [2.45, 2.75) is 96.9 Å². The SMILES string of the molecule is CC1(C)C(C)(C)C2(C)C(C)(C1(C)C)C1(C)C(C)(C)C(C)(C)C21C. The molecule has 0 aromatic heterocycles. The number of hydrogen-bond donors (Lipinski definition) is 0. The van der Waals surface area contributed by atoms with Gasteiger partial charge in [-0.25, -0.2) is 0 Å². The van der Waals surface area contributed by atoms with Gasteiger partial charge in [-0.1, -0.05) is 96.9 Å². The van der Waals surface area contributed by atoms with Crippen LogP contribution in [0.2, 0.25) is 0 Å². The molecule has 0 heterocycles. The molecule has 0 heteroatoms. The molecular weight excluding hydrogens is 276 g/mol. The smallest absolute Gasteiger partial charge is 0.0140 e. The van der Waals surface area contributed by atoms with E-state index < -0.39 is 0 Å². The van der Waals surface area contributed by atoms with Gasteiger partial charge in [0, 0.05) is 0 Å². The first kappa shape index (κ1) is 17.8. The molecule has 134 valence electrons. The third-order valence-corrected chi connectivity index (χ3v) is 13.7. The largest absolute Gasteiger partial charge is 0.0588 e. The van der Waals surface area contributed by atoms with Gasteiger partial charge in [0.1, 0.15) is 0 Å². The molecule has 0 nitrogen and oxygen atoms in total. The standard InChI is InChI=1S/C23H42/c1-15(2)16(3,4)20(11)21(12,17(15,5)6)23(14)19(9,10)18(7,8)22(20,23)13/h1-14H3. The van der Waals surface area contributed by atoms with Gasteiger partial charge in [-0.2, -0.15) is 0 Å². The summed E-state index contributed by atoms with van der Waals surface area (Å²) in [6.45, 7) is 36.2. The molecule has 3 aliphatic carbocycles. The highest BCUT2D eigenvalue weighted by Gasteiger charge is 3.02. The minimum atomic E-state index is 0.305. The Balaban J connectivity index is 2.45.